The fourth-order valence-electron chi connectivity index (χ4n) is 3.72. The Kier molecular flexibility index (Phi) is 4.26. The molecule has 2 amide bonds. The maximum absolute atomic E-state index is 12.9. The highest BCUT2D eigenvalue weighted by molar-refractivity contribution is 5.85. The lowest BCUT2D eigenvalue weighted by Crippen LogP contribution is -2.48. The van der Waals surface area contributed by atoms with Crippen molar-refractivity contribution < 1.29 is 9.59 Å². The minimum Gasteiger partial charge on any atom is -0.364 e. The van der Waals surface area contributed by atoms with E-state index < -0.39 is 0 Å². The molecule has 0 aromatic carbocycles. The second kappa shape index (κ2) is 6.70. The molecule has 6 heteroatoms. The fraction of sp³-hybridized carbons (Fsp3) is 0.421. The average Bonchev–Trinajstić information content (AvgIpc) is 3.34. The zero-order valence-electron chi connectivity index (χ0n) is 14.0. The lowest BCUT2D eigenvalue weighted by Gasteiger charge is -2.41. The van der Waals surface area contributed by atoms with Crippen LogP contribution < -0.4 is 5.32 Å². The second-order valence-corrected chi connectivity index (χ2v) is 6.82. The summed E-state index contributed by atoms with van der Waals surface area (Å²) in [6.07, 6.45) is 8.40. The minimum absolute atomic E-state index is 0.00885. The molecule has 0 radical (unpaired) electrons. The summed E-state index contributed by atoms with van der Waals surface area (Å²) >= 11 is 0. The number of carbonyl (C=O) groups is 2. The number of nitrogens with zero attached hydrogens (tertiary/aromatic N) is 2. The topological polar surface area (TPSA) is 78.1 Å². The van der Waals surface area contributed by atoms with Crippen molar-refractivity contribution in [3.63, 3.8) is 0 Å². The van der Waals surface area contributed by atoms with Gasteiger partial charge < -0.3 is 15.2 Å². The van der Waals surface area contributed by atoms with Crippen molar-refractivity contribution in [3.05, 3.63) is 54.1 Å². The van der Waals surface area contributed by atoms with Crippen molar-refractivity contribution in [1.29, 1.82) is 0 Å². The highest BCUT2D eigenvalue weighted by Crippen LogP contribution is 2.43. The molecule has 6 nitrogen and oxygen atoms in total. The van der Waals surface area contributed by atoms with E-state index in [1.54, 1.807) is 12.4 Å². The number of nitrogens with one attached hydrogen (secondary N) is 2. The van der Waals surface area contributed by atoms with Crippen molar-refractivity contribution in [3.8, 4) is 0 Å². The maximum atomic E-state index is 12.9. The summed E-state index contributed by atoms with van der Waals surface area (Å²) < 4.78 is 0. The Morgan fingerprint density at radius 2 is 2.04 bits per heavy atom. The Balaban J connectivity index is 1.57. The Labute approximate surface area is 146 Å². The number of hydrogen-bond acceptors (Lipinski definition) is 3. The van der Waals surface area contributed by atoms with Gasteiger partial charge in [-0.2, -0.15) is 0 Å². The molecule has 2 fully saturated rings. The number of aromatic nitrogens is 2. The predicted octanol–water partition coefficient (Wildman–Crippen LogP) is 2.17. The maximum Gasteiger partial charge on any atom is 0.225 e. The van der Waals surface area contributed by atoms with Gasteiger partial charge in [-0.25, -0.2) is 0 Å². The summed E-state index contributed by atoms with van der Waals surface area (Å²) in [4.78, 5) is 34.6. The third-order valence-corrected chi connectivity index (χ3v) is 5.08. The molecule has 0 spiro atoms. The molecule has 4 rings (SSSR count). The highest BCUT2D eigenvalue weighted by Gasteiger charge is 2.46. The van der Waals surface area contributed by atoms with Gasteiger partial charge in [0.1, 0.15) is 0 Å². The summed E-state index contributed by atoms with van der Waals surface area (Å²) in [5, 5.41) is 3.03. The molecule has 2 aromatic heterocycles. The van der Waals surface area contributed by atoms with Crippen molar-refractivity contribution in [2.45, 2.75) is 44.3 Å². The van der Waals surface area contributed by atoms with Gasteiger partial charge in [0.2, 0.25) is 11.8 Å². The van der Waals surface area contributed by atoms with E-state index in [1.807, 2.05) is 35.4 Å². The summed E-state index contributed by atoms with van der Waals surface area (Å²) in [5.74, 6) is -0.0528. The SMILES string of the molecule is O=C(NCc1ccc[nH]1)[C@H]1CCC(=O)N(C2CC2)[C@@H]1c1ccncc1. The standard InChI is InChI=1S/C19H22N4O2/c24-17-6-5-16(19(25)22-12-14-2-1-9-21-14)18(23(17)15-3-4-15)13-7-10-20-11-8-13/h1-2,7-11,15-16,18,21H,3-6,12H2,(H,22,25)/t16-,18+/m0/s1. The zero-order valence-corrected chi connectivity index (χ0v) is 14.0. The second-order valence-electron chi connectivity index (χ2n) is 6.82. The van der Waals surface area contributed by atoms with Crippen LogP contribution in [0.4, 0.5) is 0 Å². The van der Waals surface area contributed by atoms with Crippen LogP contribution in [0.15, 0.2) is 42.9 Å². The van der Waals surface area contributed by atoms with Crippen LogP contribution in [-0.2, 0) is 16.1 Å². The first-order valence-electron chi connectivity index (χ1n) is 8.85. The van der Waals surface area contributed by atoms with E-state index in [4.69, 9.17) is 0 Å². The molecule has 2 aromatic rings. The van der Waals surface area contributed by atoms with Crippen LogP contribution in [0.5, 0.6) is 0 Å². The van der Waals surface area contributed by atoms with Crippen LogP contribution in [0, 0.1) is 5.92 Å². The van der Waals surface area contributed by atoms with Gasteiger partial charge >= 0.3 is 0 Å². The van der Waals surface area contributed by atoms with E-state index in [9.17, 15) is 9.59 Å². The van der Waals surface area contributed by atoms with Crippen LogP contribution in [0.25, 0.3) is 0 Å². The van der Waals surface area contributed by atoms with E-state index in [0.717, 1.165) is 24.1 Å². The smallest absolute Gasteiger partial charge is 0.225 e. The fourth-order valence-corrected chi connectivity index (χ4v) is 3.72. The summed E-state index contributed by atoms with van der Waals surface area (Å²) in [5.41, 5.74) is 1.97. The molecular weight excluding hydrogens is 316 g/mol. The van der Waals surface area contributed by atoms with Gasteiger partial charge in [0.05, 0.1) is 18.5 Å². The molecule has 1 aliphatic carbocycles. The van der Waals surface area contributed by atoms with Gasteiger partial charge in [0.15, 0.2) is 0 Å². The number of rotatable bonds is 5. The largest absolute Gasteiger partial charge is 0.364 e. The first-order valence-corrected chi connectivity index (χ1v) is 8.85. The number of likely N-dealkylation sites (tertiary alicyclic amines) is 1. The predicted molar refractivity (Wildman–Crippen MR) is 92.2 cm³/mol. The number of aromatic amines is 1. The number of carbonyl (C=O) groups excluding carboxylic acids is 2. The number of hydrogen-bond donors (Lipinski definition) is 2. The van der Waals surface area contributed by atoms with Crippen molar-refractivity contribution in [2.75, 3.05) is 0 Å². The number of piperidine rings is 1. The third-order valence-electron chi connectivity index (χ3n) is 5.08. The minimum atomic E-state index is -0.226. The average molecular weight is 338 g/mol. The zero-order chi connectivity index (χ0) is 17.2. The highest BCUT2D eigenvalue weighted by atomic mass is 16.2. The van der Waals surface area contributed by atoms with Crippen LogP contribution in [0.3, 0.4) is 0 Å². The van der Waals surface area contributed by atoms with Gasteiger partial charge in [-0.1, -0.05) is 0 Å². The Morgan fingerprint density at radius 1 is 1.24 bits per heavy atom. The molecule has 1 saturated carbocycles. The summed E-state index contributed by atoms with van der Waals surface area (Å²) in [7, 11) is 0. The first kappa shape index (κ1) is 15.9. The molecule has 25 heavy (non-hydrogen) atoms. The lowest BCUT2D eigenvalue weighted by molar-refractivity contribution is -0.144. The quantitative estimate of drug-likeness (QED) is 0.877. The third kappa shape index (κ3) is 3.29. The van der Waals surface area contributed by atoms with Gasteiger partial charge in [0, 0.05) is 36.7 Å². The van der Waals surface area contributed by atoms with E-state index in [1.165, 1.54) is 0 Å². The number of amides is 2. The monoisotopic (exact) mass is 338 g/mol. The molecule has 2 N–H and O–H groups in total. The molecule has 1 saturated heterocycles. The molecule has 3 heterocycles. The molecule has 0 unspecified atom stereocenters. The molecule has 130 valence electrons. The van der Waals surface area contributed by atoms with E-state index in [2.05, 4.69) is 15.3 Å². The Hall–Kier alpha value is -2.63. The van der Waals surface area contributed by atoms with Crippen LogP contribution >= 0.6 is 0 Å². The van der Waals surface area contributed by atoms with Crippen molar-refractivity contribution >= 4 is 11.8 Å². The van der Waals surface area contributed by atoms with Gasteiger partial charge in [0.25, 0.3) is 0 Å². The molecular formula is C19H22N4O2. The van der Waals surface area contributed by atoms with Gasteiger partial charge in [-0.15, -0.1) is 0 Å². The lowest BCUT2D eigenvalue weighted by atomic mass is 9.83. The Bertz CT molecular complexity index is 740. The van der Waals surface area contributed by atoms with E-state index in [0.29, 0.717) is 19.4 Å². The van der Waals surface area contributed by atoms with Crippen LogP contribution in [-0.4, -0.2) is 32.7 Å². The molecule has 2 atom stereocenters. The summed E-state index contributed by atoms with van der Waals surface area (Å²) in [6.45, 7) is 0.475. The number of pyridine rings is 1. The van der Waals surface area contributed by atoms with Crippen LogP contribution in [0.1, 0.15) is 43.0 Å². The number of H-pyrrole nitrogens is 1. The molecule has 2 aliphatic rings. The normalized spacial score (nSPS) is 23.5. The Morgan fingerprint density at radius 3 is 2.72 bits per heavy atom. The molecule has 1 aliphatic heterocycles. The first-order chi connectivity index (χ1) is 12.2. The van der Waals surface area contributed by atoms with Crippen molar-refractivity contribution in [2.24, 2.45) is 5.92 Å². The van der Waals surface area contributed by atoms with Gasteiger partial charge in [-0.3, -0.25) is 14.6 Å². The van der Waals surface area contributed by atoms with Gasteiger partial charge in [-0.05, 0) is 49.1 Å². The molecule has 0 bridgehead atoms. The van der Waals surface area contributed by atoms with Crippen LogP contribution in [0.2, 0.25) is 0 Å². The van der Waals surface area contributed by atoms with Crippen molar-refractivity contribution in [1.82, 2.24) is 20.2 Å². The summed E-state index contributed by atoms with van der Waals surface area (Å²) in [6, 6.07) is 7.79. The van der Waals surface area contributed by atoms with E-state index >= 15 is 0 Å². The van der Waals surface area contributed by atoms with E-state index in [-0.39, 0.29) is 29.8 Å².